The van der Waals surface area contributed by atoms with Crippen LogP contribution in [0, 0.1) is 0 Å². The molecule has 1 N–H and O–H groups in total. The second kappa shape index (κ2) is 9.37. The third-order valence-electron chi connectivity index (χ3n) is 4.57. The van der Waals surface area contributed by atoms with Gasteiger partial charge in [0, 0.05) is 16.7 Å². The summed E-state index contributed by atoms with van der Waals surface area (Å²) >= 11 is 1.59. The Hall–Kier alpha value is -2.44. The summed E-state index contributed by atoms with van der Waals surface area (Å²) < 4.78 is 23.1. The second-order valence-electron chi connectivity index (χ2n) is 7.18. The van der Waals surface area contributed by atoms with Crippen LogP contribution in [0.25, 0.3) is 0 Å². The van der Waals surface area contributed by atoms with E-state index in [1.165, 1.54) is 11.8 Å². The molecule has 0 fully saturated rings. The molecule has 3 rings (SSSR count). The third kappa shape index (κ3) is 6.02. The first-order valence-electron chi connectivity index (χ1n) is 9.55. The van der Waals surface area contributed by atoms with Gasteiger partial charge in [-0.3, -0.25) is 4.79 Å². The number of sulfone groups is 1. The highest BCUT2D eigenvalue weighted by Crippen LogP contribution is 2.27. The van der Waals surface area contributed by atoms with Gasteiger partial charge in [-0.2, -0.15) is 0 Å². The van der Waals surface area contributed by atoms with Gasteiger partial charge in [0.25, 0.3) is 5.91 Å². The van der Waals surface area contributed by atoms with Crippen molar-refractivity contribution in [2.75, 3.05) is 6.26 Å². The van der Waals surface area contributed by atoms with Gasteiger partial charge < -0.3 is 5.32 Å². The highest BCUT2D eigenvalue weighted by molar-refractivity contribution is 7.89. The van der Waals surface area contributed by atoms with Gasteiger partial charge in [-0.25, -0.2) is 8.42 Å². The van der Waals surface area contributed by atoms with Crippen molar-refractivity contribution in [2.24, 2.45) is 0 Å². The van der Waals surface area contributed by atoms with E-state index in [0.29, 0.717) is 11.1 Å². The molecule has 0 saturated heterocycles. The molecule has 0 saturated carbocycles. The first-order valence-corrected chi connectivity index (χ1v) is 12.5. The number of carbonyl (C=O) groups excluding carboxylic acids is 1. The maximum absolute atomic E-state index is 13.0. The standard InChI is InChI=1S/C23H25NO3S2/c1-3-6-17-10-12-19(13-11-17)22(21-9-5-14-28-21)24-23(25)20-8-4-7-18(15-20)16-29(2,26)27/h4-5,7-15,22H,3,6,16H2,1-2H3,(H,24,25). The highest BCUT2D eigenvalue weighted by Gasteiger charge is 2.19. The summed E-state index contributed by atoms with van der Waals surface area (Å²) in [6.45, 7) is 2.15. The van der Waals surface area contributed by atoms with Gasteiger partial charge in [-0.1, -0.05) is 55.8 Å². The number of hydrogen-bond donors (Lipinski definition) is 1. The normalized spacial score (nSPS) is 12.5. The van der Waals surface area contributed by atoms with Crippen molar-refractivity contribution in [3.05, 3.63) is 93.2 Å². The van der Waals surface area contributed by atoms with Crippen LogP contribution in [0.4, 0.5) is 0 Å². The van der Waals surface area contributed by atoms with Crippen LogP contribution in [-0.4, -0.2) is 20.6 Å². The zero-order valence-electron chi connectivity index (χ0n) is 16.6. The Morgan fingerprint density at radius 2 is 1.79 bits per heavy atom. The summed E-state index contributed by atoms with van der Waals surface area (Å²) in [7, 11) is -3.16. The molecule has 1 unspecified atom stereocenters. The van der Waals surface area contributed by atoms with Crippen molar-refractivity contribution in [2.45, 2.75) is 31.6 Å². The van der Waals surface area contributed by atoms with Crippen molar-refractivity contribution in [3.63, 3.8) is 0 Å². The molecular formula is C23H25NO3S2. The zero-order valence-corrected chi connectivity index (χ0v) is 18.2. The van der Waals surface area contributed by atoms with Crippen LogP contribution in [0.15, 0.2) is 66.0 Å². The van der Waals surface area contributed by atoms with Crippen LogP contribution < -0.4 is 5.32 Å². The number of rotatable bonds is 8. The summed E-state index contributed by atoms with van der Waals surface area (Å²) in [5, 5.41) is 5.11. The topological polar surface area (TPSA) is 63.2 Å². The molecule has 0 aliphatic rings. The lowest BCUT2D eigenvalue weighted by Crippen LogP contribution is -2.29. The van der Waals surface area contributed by atoms with Gasteiger partial charge >= 0.3 is 0 Å². The Bertz CT molecular complexity index is 1060. The number of benzene rings is 2. The van der Waals surface area contributed by atoms with Gasteiger partial charge in [0.1, 0.15) is 0 Å². The first-order chi connectivity index (χ1) is 13.9. The lowest BCUT2D eigenvalue weighted by atomic mass is 10.0. The minimum Gasteiger partial charge on any atom is -0.340 e. The molecule has 1 atom stereocenters. The quantitative estimate of drug-likeness (QED) is 0.563. The van der Waals surface area contributed by atoms with Gasteiger partial charge in [0.2, 0.25) is 0 Å². The molecule has 1 amide bonds. The fraction of sp³-hybridized carbons (Fsp3) is 0.261. The Labute approximate surface area is 176 Å². The van der Waals surface area contributed by atoms with Gasteiger partial charge in [-0.15, -0.1) is 11.3 Å². The van der Waals surface area contributed by atoms with Crippen LogP contribution >= 0.6 is 11.3 Å². The first kappa shape index (κ1) is 21.3. The van der Waals surface area contributed by atoms with Crippen molar-refractivity contribution < 1.29 is 13.2 Å². The Kier molecular flexibility index (Phi) is 6.87. The predicted molar refractivity (Wildman–Crippen MR) is 119 cm³/mol. The maximum atomic E-state index is 13.0. The van der Waals surface area contributed by atoms with Crippen LogP contribution in [0.2, 0.25) is 0 Å². The van der Waals surface area contributed by atoms with Crippen LogP contribution in [-0.2, 0) is 22.0 Å². The average molecular weight is 428 g/mol. The summed E-state index contributed by atoms with van der Waals surface area (Å²) in [4.78, 5) is 14.0. The lowest BCUT2D eigenvalue weighted by molar-refractivity contribution is 0.0943. The Balaban J connectivity index is 1.85. The predicted octanol–water partition coefficient (Wildman–Crippen LogP) is 4.76. The Morgan fingerprint density at radius 1 is 1.03 bits per heavy atom. The number of aryl methyl sites for hydroxylation is 1. The lowest BCUT2D eigenvalue weighted by Gasteiger charge is -2.19. The molecule has 0 aliphatic heterocycles. The average Bonchev–Trinajstić information content (AvgIpc) is 3.20. The number of nitrogens with one attached hydrogen (secondary N) is 1. The molecule has 0 radical (unpaired) electrons. The van der Waals surface area contributed by atoms with Gasteiger partial charge in [-0.05, 0) is 46.7 Å². The molecular weight excluding hydrogens is 402 g/mol. The van der Waals surface area contributed by atoms with E-state index in [0.717, 1.165) is 23.3 Å². The third-order valence-corrected chi connectivity index (χ3v) is 6.37. The molecule has 0 spiro atoms. The van der Waals surface area contributed by atoms with Crippen molar-refractivity contribution in [3.8, 4) is 0 Å². The molecule has 1 aromatic heterocycles. The maximum Gasteiger partial charge on any atom is 0.252 e. The molecule has 0 aliphatic carbocycles. The van der Waals surface area contributed by atoms with Crippen molar-refractivity contribution in [1.29, 1.82) is 0 Å². The fourth-order valence-electron chi connectivity index (χ4n) is 3.26. The second-order valence-corrected chi connectivity index (χ2v) is 10.3. The molecule has 152 valence electrons. The largest absolute Gasteiger partial charge is 0.340 e. The van der Waals surface area contributed by atoms with Gasteiger partial charge in [0.05, 0.1) is 11.8 Å². The van der Waals surface area contributed by atoms with Crippen molar-refractivity contribution in [1.82, 2.24) is 5.32 Å². The highest BCUT2D eigenvalue weighted by atomic mass is 32.2. The van der Waals surface area contributed by atoms with E-state index in [1.807, 2.05) is 17.5 Å². The summed E-state index contributed by atoms with van der Waals surface area (Å²) in [6.07, 6.45) is 3.31. The summed E-state index contributed by atoms with van der Waals surface area (Å²) in [5.41, 5.74) is 3.36. The van der Waals surface area contributed by atoms with E-state index >= 15 is 0 Å². The van der Waals surface area contributed by atoms with Gasteiger partial charge in [0.15, 0.2) is 9.84 Å². The summed E-state index contributed by atoms with van der Waals surface area (Å²) in [5.74, 6) is -0.308. The molecule has 29 heavy (non-hydrogen) atoms. The van der Waals surface area contributed by atoms with E-state index in [4.69, 9.17) is 0 Å². The fourth-order valence-corrected chi connectivity index (χ4v) is 4.85. The number of thiophene rings is 1. The smallest absolute Gasteiger partial charge is 0.252 e. The molecule has 2 aromatic carbocycles. The van der Waals surface area contributed by atoms with Crippen molar-refractivity contribution >= 4 is 27.1 Å². The number of carbonyl (C=O) groups is 1. The number of amides is 1. The van der Waals surface area contributed by atoms with E-state index in [-0.39, 0.29) is 17.7 Å². The summed E-state index contributed by atoms with van der Waals surface area (Å²) in [6, 6.07) is 18.9. The zero-order chi connectivity index (χ0) is 20.9. The van der Waals surface area contributed by atoms with E-state index in [2.05, 4.69) is 36.5 Å². The molecule has 1 heterocycles. The van der Waals surface area contributed by atoms with Crippen LogP contribution in [0.1, 0.15) is 51.3 Å². The number of hydrogen-bond acceptors (Lipinski definition) is 4. The molecule has 6 heteroatoms. The molecule has 3 aromatic rings. The van der Waals surface area contributed by atoms with Crippen LogP contribution in [0.3, 0.4) is 0 Å². The minimum atomic E-state index is -3.16. The van der Waals surface area contributed by atoms with Crippen LogP contribution in [0.5, 0.6) is 0 Å². The minimum absolute atomic E-state index is 0.0820. The van der Waals surface area contributed by atoms with E-state index in [1.54, 1.807) is 35.6 Å². The molecule has 0 bridgehead atoms. The van der Waals surface area contributed by atoms with E-state index in [9.17, 15) is 13.2 Å². The van der Waals surface area contributed by atoms with E-state index < -0.39 is 9.84 Å². The SMILES string of the molecule is CCCc1ccc(C(NC(=O)c2cccc(CS(C)(=O)=O)c2)c2cccs2)cc1. The molecule has 4 nitrogen and oxygen atoms in total. The monoisotopic (exact) mass is 427 g/mol. The Morgan fingerprint density at radius 3 is 2.41 bits per heavy atom.